The molecule has 0 aromatic rings. The van der Waals surface area contributed by atoms with Gasteiger partial charge >= 0.3 is 0 Å². The van der Waals surface area contributed by atoms with E-state index >= 15 is 0 Å². The van der Waals surface area contributed by atoms with Crippen molar-refractivity contribution in [3.63, 3.8) is 0 Å². The number of hydrogen-bond donors (Lipinski definition) is 0. The van der Waals surface area contributed by atoms with E-state index in [1.165, 1.54) is 64.2 Å². The van der Waals surface area contributed by atoms with Crippen LogP contribution in [0.3, 0.4) is 0 Å². The van der Waals surface area contributed by atoms with E-state index in [0.29, 0.717) is 6.10 Å². The van der Waals surface area contributed by atoms with Crippen LogP contribution in [0.2, 0.25) is 0 Å². The molecule has 116 valence electrons. The lowest BCUT2D eigenvalue weighted by atomic mass is 9.84. The second-order valence-electron chi connectivity index (χ2n) is 6.13. The van der Waals surface area contributed by atoms with E-state index in [4.69, 9.17) is 4.74 Å². The van der Waals surface area contributed by atoms with Gasteiger partial charge in [0.1, 0.15) is 0 Å². The average molecular weight is 278 g/mol. The topological polar surface area (TPSA) is 9.23 Å². The predicted molar refractivity (Wildman–Crippen MR) is 89.0 cm³/mol. The first-order chi connectivity index (χ1) is 9.86. The Morgan fingerprint density at radius 2 is 1.70 bits per heavy atom. The molecule has 0 aliphatic heterocycles. The van der Waals surface area contributed by atoms with Crippen molar-refractivity contribution in [2.75, 3.05) is 6.61 Å². The summed E-state index contributed by atoms with van der Waals surface area (Å²) in [5, 5.41) is 0. The summed E-state index contributed by atoms with van der Waals surface area (Å²) >= 11 is 0. The third-order valence-electron chi connectivity index (χ3n) is 4.38. The molecule has 0 heterocycles. The van der Waals surface area contributed by atoms with Gasteiger partial charge < -0.3 is 4.74 Å². The summed E-state index contributed by atoms with van der Waals surface area (Å²) in [6.45, 7) is 5.10. The summed E-state index contributed by atoms with van der Waals surface area (Å²) in [7, 11) is 0. The minimum atomic E-state index is 0.515. The van der Waals surface area contributed by atoms with Crippen LogP contribution >= 0.6 is 0 Å². The summed E-state index contributed by atoms with van der Waals surface area (Å²) in [4.78, 5) is 0. The monoisotopic (exact) mass is 278 g/mol. The molecule has 1 heteroatoms. The van der Waals surface area contributed by atoms with Crippen LogP contribution < -0.4 is 0 Å². The van der Waals surface area contributed by atoms with Crippen molar-refractivity contribution >= 4 is 0 Å². The minimum Gasteiger partial charge on any atom is -0.374 e. The largest absolute Gasteiger partial charge is 0.374 e. The quantitative estimate of drug-likeness (QED) is 0.349. The van der Waals surface area contributed by atoms with Crippen LogP contribution in [-0.4, -0.2) is 12.7 Å². The highest BCUT2D eigenvalue weighted by atomic mass is 16.5. The molecule has 0 aromatic heterocycles. The molecule has 0 amide bonds. The maximum atomic E-state index is 5.91. The predicted octanol–water partition coefficient (Wildman–Crippen LogP) is 6.05. The summed E-state index contributed by atoms with van der Waals surface area (Å²) in [5.41, 5.74) is 0. The zero-order valence-corrected chi connectivity index (χ0v) is 13.7. The molecule has 0 saturated heterocycles. The molecule has 0 N–H and O–H groups in total. The Morgan fingerprint density at radius 1 is 0.950 bits per heavy atom. The molecule has 1 aliphatic rings. The summed E-state index contributed by atoms with van der Waals surface area (Å²) in [6.07, 6.45) is 22.7. The molecule has 1 fully saturated rings. The van der Waals surface area contributed by atoms with E-state index in [1.54, 1.807) is 0 Å². The first kappa shape index (κ1) is 17.5. The van der Waals surface area contributed by atoms with E-state index < -0.39 is 0 Å². The zero-order valence-electron chi connectivity index (χ0n) is 13.7. The van der Waals surface area contributed by atoms with E-state index in [0.717, 1.165) is 12.5 Å². The van der Waals surface area contributed by atoms with Gasteiger partial charge in [-0.3, -0.25) is 0 Å². The molecule has 0 atom stereocenters. The Morgan fingerprint density at radius 3 is 2.40 bits per heavy atom. The highest BCUT2D eigenvalue weighted by Crippen LogP contribution is 2.30. The number of unbranched alkanes of at least 4 members (excludes halogenated alkanes) is 4. The number of ether oxygens (including phenoxy) is 1. The molecule has 1 saturated carbocycles. The molecule has 0 aromatic carbocycles. The normalized spacial score (nSPS) is 23.9. The maximum absolute atomic E-state index is 5.91. The SMILES string of the molecule is C/C=C/C=C/COC1CCC(CCCCCCC)CC1. The van der Waals surface area contributed by atoms with Crippen molar-refractivity contribution in [1.82, 2.24) is 0 Å². The summed E-state index contributed by atoms with van der Waals surface area (Å²) < 4.78 is 5.91. The Hall–Kier alpha value is -0.560. The van der Waals surface area contributed by atoms with Gasteiger partial charge in [-0.25, -0.2) is 0 Å². The second-order valence-corrected chi connectivity index (χ2v) is 6.13. The summed E-state index contributed by atoms with van der Waals surface area (Å²) in [5.74, 6) is 0.982. The molecular formula is C19H34O. The van der Waals surface area contributed by atoms with Gasteiger partial charge in [-0.05, 0) is 38.5 Å². The number of hydrogen-bond acceptors (Lipinski definition) is 1. The van der Waals surface area contributed by atoms with Crippen LogP contribution in [0.25, 0.3) is 0 Å². The van der Waals surface area contributed by atoms with Gasteiger partial charge in [-0.2, -0.15) is 0 Å². The molecular weight excluding hydrogens is 244 g/mol. The average Bonchev–Trinajstić information content (AvgIpc) is 2.48. The van der Waals surface area contributed by atoms with Crippen LogP contribution in [-0.2, 0) is 4.74 Å². The lowest BCUT2D eigenvalue weighted by Crippen LogP contribution is -2.21. The molecule has 0 unspecified atom stereocenters. The number of allylic oxidation sites excluding steroid dienone is 3. The first-order valence-electron chi connectivity index (χ1n) is 8.76. The van der Waals surface area contributed by atoms with Crippen molar-refractivity contribution in [3.05, 3.63) is 24.3 Å². The van der Waals surface area contributed by atoms with Crippen LogP contribution in [0, 0.1) is 5.92 Å². The zero-order chi connectivity index (χ0) is 14.5. The Bertz CT molecular complexity index is 259. The highest BCUT2D eigenvalue weighted by molar-refractivity contribution is 5.01. The fourth-order valence-electron chi connectivity index (χ4n) is 3.06. The van der Waals surface area contributed by atoms with Gasteiger partial charge in [0.2, 0.25) is 0 Å². The van der Waals surface area contributed by atoms with Crippen LogP contribution in [0.5, 0.6) is 0 Å². The van der Waals surface area contributed by atoms with Crippen molar-refractivity contribution < 1.29 is 4.74 Å². The standard InChI is InChI=1S/C19H34O/c1-3-5-7-9-10-12-18-13-15-19(16-14-18)20-17-11-8-6-4-2/h4,6,8,11,18-19H,3,5,7,9-10,12-17H2,1-2H3/b6-4+,11-8+. The van der Waals surface area contributed by atoms with Gasteiger partial charge in [0.05, 0.1) is 12.7 Å². The lowest BCUT2D eigenvalue weighted by molar-refractivity contribution is 0.0333. The molecule has 0 spiro atoms. The summed E-state index contributed by atoms with van der Waals surface area (Å²) in [6, 6.07) is 0. The molecule has 1 aliphatic carbocycles. The third kappa shape index (κ3) is 8.58. The Labute approximate surface area is 126 Å². The molecule has 20 heavy (non-hydrogen) atoms. The highest BCUT2D eigenvalue weighted by Gasteiger charge is 2.20. The molecule has 0 bridgehead atoms. The van der Waals surface area contributed by atoms with Crippen LogP contribution in [0.15, 0.2) is 24.3 Å². The number of rotatable bonds is 10. The van der Waals surface area contributed by atoms with Gasteiger partial charge in [-0.15, -0.1) is 0 Å². The van der Waals surface area contributed by atoms with Crippen LogP contribution in [0.1, 0.15) is 78.1 Å². The Kier molecular flexibility index (Phi) is 10.7. The van der Waals surface area contributed by atoms with Gasteiger partial charge in [0.15, 0.2) is 0 Å². The lowest BCUT2D eigenvalue weighted by Gasteiger charge is -2.28. The van der Waals surface area contributed by atoms with Gasteiger partial charge in [-0.1, -0.05) is 69.8 Å². The fraction of sp³-hybridized carbons (Fsp3) is 0.789. The van der Waals surface area contributed by atoms with Crippen molar-refractivity contribution in [3.8, 4) is 0 Å². The molecule has 1 nitrogen and oxygen atoms in total. The van der Waals surface area contributed by atoms with E-state index in [9.17, 15) is 0 Å². The minimum absolute atomic E-state index is 0.515. The van der Waals surface area contributed by atoms with E-state index in [2.05, 4.69) is 25.2 Å². The van der Waals surface area contributed by atoms with Crippen molar-refractivity contribution in [2.45, 2.75) is 84.2 Å². The third-order valence-corrected chi connectivity index (χ3v) is 4.38. The van der Waals surface area contributed by atoms with Crippen molar-refractivity contribution in [1.29, 1.82) is 0 Å². The van der Waals surface area contributed by atoms with Gasteiger partial charge in [0, 0.05) is 0 Å². The van der Waals surface area contributed by atoms with Crippen molar-refractivity contribution in [2.24, 2.45) is 5.92 Å². The first-order valence-corrected chi connectivity index (χ1v) is 8.76. The smallest absolute Gasteiger partial charge is 0.0654 e. The fourth-order valence-corrected chi connectivity index (χ4v) is 3.06. The Balaban J connectivity index is 1.99. The second kappa shape index (κ2) is 12.2. The van der Waals surface area contributed by atoms with E-state index in [-0.39, 0.29) is 0 Å². The molecule has 0 radical (unpaired) electrons. The molecule has 1 rings (SSSR count). The van der Waals surface area contributed by atoms with Gasteiger partial charge in [0.25, 0.3) is 0 Å². The van der Waals surface area contributed by atoms with Crippen LogP contribution in [0.4, 0.5) is 0 Å². The maximum Gasteiger partial charge on any atom is 0.0654 e. The van der Waals surface area contributed by atoms with E-state index in [1.807, 2.05) is 13.0 Å².